The van der Waals surface area contributed by atoms with E-state index >= 15 is 0 Å². The van der Waals surface area contributed by atoms with Crippen LogP contribution in [0.5, 0.6) is 0 Å². The number of aromatic nitrogens is 1. The number of benzene rings is 1. The number of halogens is 1. The van der Waals surface area contributed by atoms with Crippen molar-refractivity contribution < 1.29 is 24.0 Å². The van der Waals surface area contributed by atoms with Gasteiger partial charge in [0.1, 0.15) is 34.5 Å². The van der Waals surface area contributed by atoms with Crippen molar-refractivity contribution in [2.75, 3.05) is 0 Å². The molecule has 2 aliphatic heterocycles. The average Bonchev–Trinajstić information content (AvgIpc) is 3.15. The van der Waals surface area contributed by atoms with E-state index in [1.165, 1.54) is 16.7 Å². The zero-order chi connectivity index (χ0) is 21.1. The number of nitrogens with zero attached hydrogens (tertiary/aromatic N) is 2. The van der Waals surface area contributed by atoms with Crippen LogP contribution in [0.3, 0.4) is 0 Å². The summed E-state index contributed by atoms with van der Waals surface area (Å²) in [5.41, 5.74) is 1.03. The monoisotopic (exact) mass is 458 g/mol. The van der Waals surface area contributed by atoms with Gasteiger partial charge in [0.2, 0.25) is 5.91 Å². The van der Waals surface area contributed by atoms with Gasteiger partial charge < -0.3 is 19.8 Å². The van der Waals surface area contributed by atoms with Crippen molar-refractivity contribution >= 4 is 70.7 Å². The number of aliphatic carboxylic acids is 1. The van der Waals surface area contributed by atoms with E-state index in [9.17, 15) is 19.5 Å². The van der Waals surface area contributed by atoms with Gasteiger partial charge in [-0.25, -0.2) is 4.79 Å². The maximum absolute atomic E-state index is 13.0. The molecule has 1 aromatic carbocycles. The number of carbonyl (C=O) groups is 3. The van der Waals surface area contributed by atoms with Crippen LogP contribution >= 0.6 is 23.4 Å². The van der Waals surface area contributed by atoms with Crippen LogP contribution in [0.25, 0.3) is 11.3 Å². The third-order valence-electron chi connectivity index (χ3n) is 5.18. The summed E-state index contributed by atoms with van der Waals surface area (Å²) in [5.74, 6) is -1.70. The summed E-state index contributed by atoms with van der Waals surface area (Å²) >= 11 is 7.59. The number of hydrogen-bond acceptors (Lipinski definition) is 6. The molecule has 11 heteroatoms. The van der Waals surface area contributed by atoms with Crippen LogP contribution in [0.2, 0.25) is 5.02 Å². The Hall–Kier alpha value is -1.52. The summed E-state index contributed by atoms with van der Waals surface area (Å²) in [6.07, 6.45) is 0. The molecule has 0 spiro atoms. The molecule has 1 aromatic heterocycles. The van der Waals surface area contributed by atoms with Gasteiger partial charge >= 0.3 is 5.97 Å². The molecule has 2 aromatic rings. The summed E-state index contributed by atoms with van der Waals surface area (Å²) in [7, 11) is 0. The van der Waals surface area contributed by atoms with Crippen molar-refractivity contribution in [1.29, 1.82) is 0 Å². The molecule has 2 N–H and O–H groups in total. The van der Waals surface area contributed by atoms with E-state index in [1.807, 2.05) is 0 Å². The van der Waals surface area contributed by atoms with Crippen molar-refractivity contribution in [3.8, 4) is 11.3 Å². The Balaban J connectivity index is 0.00000256. The van der Waals surface area contributed by atoms with Gasteiger partial charge in [0.05, 0.1) is 5.02 Å². The molecule has 30 heavy (non-hydrogen) atoms. The first-order chi connectivity index (χ1) is 13.6. The molecule has 2 saturated heterocycles. The number of nitrogens with one attached hydrogen (secondary N) is 1. The standard InChI is InChI=1S/C19H18ClN3O5S.Na/c1-8-11(12(22-28-8)9-6-4-5-7-10(9)20)15(24)21-13-16(25)23-14(18(26)27)19(2,3)29-17(13)23;/h4-7,13-14,17H,1-3H3,(H,21,24)(H,26,27);/t13-,14+,17-;/m0./s1. The molecule has 2 amide bonds. The summed E-state index contributed by atoms with van der Waals surface area (Å²) in [6, 6.07) is 5.18. The number of carbonyl (C=O) groups excluding carboxylic acids is 2. The topological polar surface area (TPSA) is 113 Å². The second kappa shape index (κ2) is 8.20. The van der Waals surface area contributed by atoms with Crippen LogP contribution in [0.1, 0.15) is 30.0 Å². The Bertz CT molecular complexity index is 1040. The molecule has 8 nitrogen and oxygen atoms in total. The molecule has 153 valence electrons. The molecular formula is C19H18ClN3NaO5S. The first-order valence-electron chi connectivity index (χ1n) is 8.88. The summed E-state index contributed by atoms with van der Waals surface area (Å²) in [6.45, 7) is 5.16. The summed E-state index contributed by atoms with van der Waals surface area (Å²) < 4.78 is 4.54. The van der Waals surface area contributed by atoms with Crippen molar-refractivity contribution in [3.05, 3.63) is 40.6 Å². The number of aryl methyl sites for hydroxylation is 1. The number of thioether (sulfide) groups is 1. The Morgan fingerprint density at radius 2 is 2.00 bits per heavy atom. The number of carboxylic acid groups (broad SMARTS) is 1. The molecular weight excluding hydrogens is 441 g/mol. The second-order valence-corrected chi connectivity index (χ2v) is 9.67. The molecule has 3 heterocycles. The van der Waals surface area contributed by atoms with Gasteiger partial charge in [0.15, 0.2) is 0 Å². The average molecular weight is 459 g/mol. The van der Waals surface area contributed by atoms with Crippen molar-refractivity contribution in [2.24, 2.45) is 0 Å². The number of hydrogen-bond donors (Lipinski definition) is 2. The van der Waals surface area contributed by atoms with Crippen LogP contribution < -0.4 is 5.32 Å². The predicted molar refractivity (Wildman–Crippen MR) is 112 cm³/mol. The Morgan fingerprint density at radius 1 is 1.33 bits per heavy atom. The maximum atomic E-state index is 13.0. The molecule has 4 rings (SSSR count). The summed E-state index contributed by atoms with van der Waals surface area (Å²) in [5, 5.41) is 16.2. The number of amides is 2. The van der Waals surface area contributed by atoms with Gasteiger partial charge in [-0.05, 0) is 26.8 Å². The summed E-state index contributed by atoms with van der Waals surface area (Å²) in [4.78, 5) is 38.6. The normalized spacial score (nSPS) is 23.9. The Morgan fingerprint density at radius 3 is 2.63 bits per heavy atom. The van der Waals surface area contributed by atoms with E-state index in [4.69, 9.17) is 16.1 Å². The van der Waals surface area contributed by atoms with Gasteiger partial charge in [-0.15, -0.1) is 11.8 Å². The van der Waals surface area contributed by atoms with E-state index in [1.54, 1.807) is 45.0 Å². The minimum absolute atomic E-state index is 0. The largest absolute Gasteiger partial charge is 0.480 e. The SMILES string of the molecule is Cc1onc(-c2ccccc2Cl)c1C(=O)N[C@H]1C(=O)N2[C@H]1SC(C)(C)[C@H]2C(=O)O.[Na]. The second-order valence-electron chi connectivity index (χ2n) is 7.49. The molecule has 1 radical (unpaired) electrons. The van der Waals surface area contributed by atoms with Gasteiger partial charge in [0.25, 0.3) is 5.91 Å². The van der Waals surface area contributed by atoms with E-state index in [-0.39, 0.29) is 40.8 Å². The van der Waals surface area contributed by atoms with E-state index in [2.05, 4.69) is 10.5 Å². The first-order valence-corrected chi connectivity index (χ1v) is 10.1. The van der Waals surface area contributed by atoms with Crippen LogP contribution in [0, 0.1) is 6.92 Å². The third kappa shape index (κ3) is 3.56. The van der Waals surface area contributed by atoms with Gasteiger partial charge in [-0.1, -0.05) is 35.0 Å². The molecule has 0 saturated carbocycles. The number of fused-ring (bicyclic) bond motifs is 1. The van der Waals surface area contributed by atoms with Crippen molar-refractivity contribution in [2.45, 2.75) is 43.0 Å². The fourth-order valence-corrected chi connectivity index (χ4v) is 5.69. The quantitative estimate of drug-likeness (QED) is 0.533. The third-order valence-corrected chi connectivity index (χ3v) is 7.08. The van der Waals surface area contributed by atoms with Crippen molar-refractivity contribution in [1.82, 2.24) is 15.4 Å². The van der Waals surface area contributed by atoms with E-state index in [0.29, 0.717) is 16.3 Å². The minimum atomic E-state index is -1.06. The molecule has 0 unspecified atom stereocenters. The molecule has 2 aliphatic rings. The van der Waals surface area contributed by atoms with E-state index < -0.39 is 40.0 Å². The van der Waals surface area contributed by atoms with Crippen LogP contribution in [0.15, 0.2) is 28.8 Å². The van der Waals surface area contributed by atoms with Crippen molar-refractivity contribution in [3.63, 3.8) is 0 Å². The first kappa shape index (κ1) is 23.1. The van der Waals surface area contributed by atoms with Crippen LogP contribution in [-0.2, 0) is 9.59 Å². The fourth-order valence-electron chi connectivity index (χ4n) is 3.84. The Labute approximate surface area is 204 Å². The zero-order valence-corrected chi connectivity index (χ0v) is 20.4. The molecule has 3 atom stereocenters. The van der Waals surface area contributed by atoms with Gasteiger partial charge in [-0.3, -0.25) is 9.59 Å². The van der Waals surface area contributed by atoms with Crippen LogP contribution in [0.4, 0.5) is 0 Å². The molecule has 0 aliphatic carbocycles. The zero-order valence-electron chi connectivity index (χ0n) is 16.8. The predicted octanol–water partition coefficient (Wildman–Crippen LogP) is 2.17. The number of β-lactam (4-membered cyclic amide) rings is 1. The Kier molecular flexibility index (Phi) is 6.33. The van der Waals surface area contributed by atoms with Gasteiger partial charge in [0, 0.05) is 39.9 Å². The van der Waals surface area contributed by atoms with Gasteiger partial charge in [-0.2, -0.15) is 0 Å². The molecule has 0 bridgehead atoms. The maximum Gasteiger partial charge on any atom is 0.327 e. The number of carboxylic acids is 1. The fraction of sp³-hybridized carbons (Fsp3) is 0.368. The van der Waals surface area contributed by atoms with E-state index in [0.717, 1.165) is 0 Å². The number of rotatable bonds is 4. The smallest absolute Gasteiger partial charge is 0.327 e. The van der Waals surface area contributed by atoms with Crippen LogP contribution in [-0.4, -0.2) is 84.7 Å². The molecule has 2 fully saturated rings. The minimum Gasteiger partial charge on any atom is -0.480 e.